The molecular formula is C14H23NO3. The summed E-state index contributed by atoms with van der Waals surface area (Å²) < 4.78 is 5.11. The van der Waals surface area contributed by atoms with E-state index in [-0.39, 0.29) is 6.10 Å². The second-order valence-corrected chi connectivity index (χ2v) is 4.35. The molecule has 0 aliphatic heterocycles. The molecule has 18 heavy (non-hydrogen) atoms. The van der Waals surface area contributed by atoms with Crippen LogP contribution in [0.4, 0.5) is 0 Å². The second-order valence-electron chi connectivity index (χ2n) is 4.35. The summed E-state index contributed by atoms with van der Waals surface area (Å²) >= 11 is 0. The van der Waals surface area contributed by atoms with Gasteiger partial charge in [0.1, 0.15) is 5.75 Å². The average molecular weight is 253 g/mol. The summed E-state index contributed by atoms with van der Waals surface area (Å²) in [6, 6.07) is 7.41. The molecule has 2 atom stereocenters. The topological polar surface area (TPSA) is 61.7 Å². The van der Waals surface area contributed by atoms with Crippen LogP contribution in [-0.2, 0) is 0 Å². The third kappa shape index (κ3) is 5.04. The Morgan fingerprint density at radius 3 is 2.78 bits per heavy atom. The van der Waals surface area contributed by atoms with E-state index in [1.165, 1.54) is 0 Å². The van der Waals surface area contributed by atoms with Gasteiger partial charge in [-0.2, -0.15) is 0 Å². The van der Waals surface area contributed by atoms with Gasteiger partial charge < -0.3 is 20.3 Å². The molecule has 1 aromatic rings. The molecule has 0 aliphatic carbocycles. The summed E-state index contributed by atoms with van der Waals surface area (Å²) in [6.07, 6.45) is 0.659. The Morgan fingerprint density at radius 2 is 2.11 bits per heavy atom. The van der Waals surface area contributed by atoms with Gasteiger partial charge >= 0.3 is 0 Å². The fourth-order valence-electron chi connectivity index (χ4n) is 1.68. The van der Waals surface area contributed by atoms with Crippen LogP contribution in [0.25, 0.3) is 0 Å². The molecule has 1 aromatic carbocycles. The van der Waals surface area contributed by atoms with Crippen molar-refractivity contribution in [3.63, 3.8) is 0 Å². The number of nitrogens with one attached hydrogen (secondary N) is 1. The summed E-state index contributed by atoms with van der Waals surface area (Å²) in [7, 11) is 1.61. The van der Waals surface area contributed by atoms with Crippen molar-refractivity contribution in [1.82, 2.24) is 5.32 Å². The molecule has 0 spiro atoms. The molecular weight excluding hydrogens is 230 g/mol. The van der Waals surface area contributed by atoms with Crippen molar-refractivity contribution in [3.8, 4) is 5.75 Å². The first-order chi connectivity index (χ1) is 8.67. The van der Waals surface area contributed by atoms with Gasteiger partial charge in [0.05, 0.1) is 19.3 Å². The van der Waals surface area contributed by atoms with Crippen LogP contribution < -0.4 is 10.1 Å². The highest BCUT2D eigenvalue weighted by atomic mass is 16.5. The van der Waals surface area contributed by atoms with Crippen LogP contribution in [0.2, 0.25) is 0 Å². The Hall–Kier alpha value is -1.10. The maximum absolute atomic E-state index is 9.98. The van der Waals surface area contributed by atoms with Crippen LogP contribution in [-0.4, -0.2) is 36.5 Å². The zero-order chi connectivity index (χ0) is 13.4. The first kappa shape index (κ1) is 15.0. The molecule has 3 N–H and O–H groups in total. The molecule has 2 unspecified atom stereocenters. The highest BCUT2D eigenvalue weighted by molar-refractivity contribution is 5.29. The van der Waals surface area contributed by atoms with E-state index in [1.807, 2.05) is 31.2 Å². The van der Waals surface area contributed by atoms with E-state index < -0.39 is 6.10 Å². The number of methoxy groups -OCH3 is 1. The minimum atomic E-state index is -0.557. The van der Waals surface area contributed by atoms with Crippen LogP contribution in [0, 0.1) is 0 Å². The van der Waals surface area contributed by atoms with Crippen LogP contribution in [0.3, 0.4) is 0 Å². The lowest BCUT2D eigenvalue weighted by atomic mass is 10.1. The fourth-order valence-corrected chi connectivity index (χ4v) is 1.68. The zero-order valence-electron chi connectivity index (χ0n) is 11.1. The molecule has 0 bridgehead atoms. The molecule has 4 nitrogen and oxygen atoms in total. The minimum absolute atomic E-state index is 0.258. The van der Waals surface area contributed by atoms with Crippen molar-refractivity contribution in [1.29, 1.82) is 0 Å². The maximum atomic E-state index is 9.98. The standard InChI is InChI=1S/C14H23NO3/c1-3-12(16)7-8-15-10-14(17)11-5-4-6-13(9-11)18-2/h4-6,9,12,14-17H,3,7-8,10H2,1-2H3. The van der Waals surface area contributed by atoms with Crippen molar-refractivity contribution in [2.45, 2.75) is 32.0 Å². The monoisotopic (exact) mass is 253 g/mol. The van der Waals surface area contributed by atoms with E-state index in [2.05, 4.69) is 5.32 Å². The van der Waals surface area contributed by atoms with Gasteiger partial charge in [-0.25, -0.2) is 0 Å². The van der Waals surface area contributed by atoms with Gasteiger partial charge in [0.15, 0.2) is 0 Å². The predicted molar refractivity (Wildman–Crippen MR) is 71.7 cm³/mol. The summed E-state index contributed by atoms with van der Waals surface area (Å²) in [6.45, 7) is 3.13. The Labute approximate surface area is 109 Å². The van der Waals surface area contributed by atoms with E-state index >= 15 is 0 Å². The van der Waals surface area contributed by atoms with E-state index in [0.717, 1.165) is 17.7 Å². The zero-order valence-corrected chi connectivity index (χ0v) is 11.1. The van der Waals surface area contributed by atoms with Gasteiger partial charge in [-0.1, -0.05) is 19.1 Å². The molecule has 102 valence electrons. The van der Waals surface area contributed by atoms with Crippen LogP contribution in [0.1, 0.15) is 31.4 Å². The lowest BCUT2D eigenvalue weighted by Gasteiger charge is -2.14. The molecule has 0 heterocycles. The lowest BCUT2D eigenvalue weighted by Crippen LogP contribution is -2.25. The van der Waals surface area contributed by atoms with E-state index in [1.54, 1.807) is 7.11 Å². The molecule has 0 saturated heterocycles. The number of aliphatic hydroxyl groups excluding tert-OH is 2. The van der Waals surface area contributed by atoms with Crippen LogP contribution in [0.5, 0.6) is 5.75 Å². The van der Waals surface area contributed by atoms with Gasteiger partial charge in [-0.05, 0) is 37.1 Å². The summed E-state index contributed by atoms with van der Waals surface area (Å²) in [5.41, 5.74) is 0.831. The number of aliphatic hydroxyl groups is 2. The lowest BCUT2D eigenvalue weighted by molar-refractivity contribution is 0.150. The van der Waals surface area contributed by atoms with Crippen molar-refractivity contribution in [2.24, 2.45) is 0 Å². The number of rotatable bonds is 8. The molecule has 0 fully saturated rings. The van der Waals surface area contributed by atoms with Gasteiger partial charge in [0, 0.05) is 6.54 Å². The first-order valence-electron chi connectivity index (χ1n) is 6.38. The fraction of sp³-hybridized carbons (Fsp3) is 0.571. The Kier molecular flexibility index (Phi) is 6.72. The highest BCUT2D eigenvalue weighted by Crippen LogP contribution is 2.18. The van der Waals surface area contributed by atoms with Crippen LogP contribution in [0.15, 0.2) is 24.3 Å². The minimum Gasteiger partial charge on any atom is -0.497 e. The third-order valence-electron chi connectivity index (χ3n) is 2.94. The van der Waals surface area contributed by atoms with Crippen molar-refractivity contribution in [3.05, 3.63) is 29.8 Å². The second kappa shape index (κ2) is 8.08. The largest absolute Gasteiger partial charge is 0.497 e. The van der Waals surface area contributed by atoms with Gasteiger partial charge in [0.2, 0.25) is 0 Å². The third-order valence-corrected chi connectivity index (χ3v) is 2.94. The smallest absolute Gasteiger partial charge is 0.119 e. The Bertz CT molecular complexity index is 344. The normalized spacial score (nSPS) is 14.2. The molecule has 0 amide bonds. The van der Waals surface area contributed by atoms with Gasteiger partial charge in [-0.15, -0.1) is 0 Å². The Morgan fingerprint density at radius 1 is 1.33 bits per heavy atom. The Balaban J connectivity index is 2.33. The van der Waals surface area contributed by atoms with Crippen molar-refractivity contribution in [2.75, 3.05) is 20.2 Å². The summed E-state index contributed by atoms with van der Waals surface area (Å²) in [4.78, 5) is 0. The molecule has 0 aliphatic rings. The van der Waals surface area contributed by atoms with Gasteiger partial charge in [0.25, 0.3) is 0 Å². The number of ether oxygens (including phenoxy) is 1. The maximum Gasteiger partial charge on any atom is 0.119 e. The molecule has 1 rings (SSSR count). The van der Waals surface area contributed by atoms with E-state index in [9.17, 15) is 10.2 Å². The number of benzene rings is 1. The molecule has 0 aromatic heterocycles. The van der Waals surface area contributed by atoms with Crippen LogP contribution >= 0.6 is 0 Å². The molecule has 0 saturated carbocycles. The number of hydrogen-bond acceptors (Lipinski definition) is 4. The molecule has 0 radical (unpaired) electrons. The predicted octanol–water partition coefficient (Wildman–Crippen LogP) is 1.48. The van der Waals surface area contributed by atoms with E-state index in [0.29, 0.717) is 19.5 Å². The highest BCUT2D eigenvalue weighted by Gasteiger charge is 2.08. The molecule has 4 heteroatoms. The average Bonchev–Trinajstić information content (AvgIpc) is 2.43. The van der Waals surface area contributed by atoms with Crippen molar-refractivity contribution < 1.29 is 14.9 Å². The first-order valence-corrected chi connectivity index (χ1v) is 6.38. The van der Waals surface area contributed by atoms with Gasteiger partial charge in [-0.3, -0.25) is 0 Å². The summed E-state index contributed by atoms with van der Waals surface area (Å²) in [5, 5.41) is 22.5. The quantitative estimate of drug-likeness (QED) is 0.614. The van der Waals surface area contributed by atoms with Crippen molar-refractivity contribution >= 4 is 0 Å². The SMILES string of the molecule is CCC(O)CCNCC(O)c1cccc(OC)c1. The summed E-state index contributed by atoms with van der Waals surface area (Å²) in [5.74, 6) is 0.743. The van der Waals surface area contributed by atoms with E-state index in [4.69, 9.17) is 4.74 Å². The number of hydrogen-bond donors (Lipinski definition) is 3.